The average molecular weight is 233 g/mol. The van der Waals surface area contributed by atoms with Gasteiger partial charge in [-0.25, -0.2) is 0 Å². The summed E-state index contributed by atoms with van der Waals surface area (Å²) in [5, 5.41) is 10.5. The number of carbonyl (C=O) groups excluding carboxylic acids is 1. The Morgan fingerprint density at radius 1 is 1.06 bits per heavy atom. The molecule has 0 saturated carbocycles. The van der Waals surface area contributed by atoms with Crippen molar-refractivity contribution < 1.29 is 9.90 Å². The van der Waals surface area contributed by atoms with Gasteiger partial charge in [0.25, 0.3) is 0 Å². The first-order valence-electron chi connectivity index (χ1n) is 4.75. The molecule has 0 fully saturated rings. The van der Waals surface area contributed by atoms with Crippen LogP contribution in [0.4, 0.5) is 0 Å². The van der Waals surface area contributed by atoms with Crippen molar-refractivity contribution in [3.05, 3.63) is 53.1 Å². The van der Waals surface area contributed by atoms with Gasteiger partial charge in [0.1, 0.15) is 5.75 Å². The molecule has 0 aliphatic heterocycles. The van der Waals surface area contributed by atoms with Crippen molar-refractivity contribution in [3.63, 3.8) is 0 Å². The fourth-order valence-electron chi connectivity index (χ4n) is 1.52. The highest BCUT2D eigenvalue weighted by Gasteiger charge is 2.07. The molecule has 2 rings (SSSR count). The molecule has 2 aromatic rings. The van der Waals surface area contributed by atoms with E-state index in [0.717, 1.165) is 5.56 Å². The zero-order valence-electron chi connectivity index (χ0n) is 8.35. The normalized spacial score (nSPS) is 10.1. The summed E-state index contributed by atoms with van der Waals surface area (Å²) >= 11 is 5.78. The molecular weight excluding hydrogens is 224 g/mol. The maximum absolute atomic E-state index is 10.7. The summed E-state index contributed by atoms with van der Waals surface area (Å²) in [5.41, 5.74) is 1.74. The fourth-order valence-corrected chi connectivity index (χ4v) is 1.64. The zero-order chi connectivity index (χ0) is 11.5. The van der Waals surface area contributed by atoms with Crippen molar-refractivity contribution in [1.82, 2.24) is 0 Å². The minimum Gasteiger partial charge on any atom is -0.507 e. The SMILES string of the molecule is O=Cc1cccc(-c2ccc(Cl)cc2)c1O. The van der Waals surface area contributed by atoms with Crippen molar-refractivity contribution >= 4 is 17.9 Å². The largest absolute Gasteiger partial charge is 0.507 e. The Bertz CT molecular complexity index is 518. The number of para-hydroxylation sites is 1. The van der Waals surface area contributed by atoms with Crippen molar-refractivity contribution in [3.8, 4) is 16.9 Å². The molecule has 2 aromatic carbocycles. The molecule has 2 nitrogen and oxygen atoms in total. The van der Waals surface area contributed by atoms with Crippen LogP contribution in [-0.2, 0) is 0 Å². The Morgan fingerprint density at radius 2 is 1.75 bits per heavy atom. The van der Waals surface area contributed by atoms with Crippen LogP contribution in [0.25, 0.3) is 11.1 Å². The van der Waals surface area contributed by atoms with Gasteiger partial charge in [0.05, 0.1) is 5.56 Å². The first-order valence-corrected chi connectivity index (χ1v) is 5.13. The van der Waals surface area contributed by atoms with E-state index in [1.165, 1.54) is 0 Å². The lowest BCUT2D eigenvalue weighted by Gasteiger charge is -2.06. The van der Waals surface area contributed by atoms with Gasteiger partial charge in [-0.2, -0.15) is 0 Å². The first-order chi connectivity index (χ1) is 7.72. The van der Waals surface area contributed by atoms with Crippen LogP contribution in [-0.4, -0.2) is 11.4 Å². The Morgan fingerprint density at radius 3 is 2.38 bits per heavy atom. The van der Waals surface area contributed by atoms with Crippen LogP contribution in [0.5, 0.6) is 5.75 Å². The molecule has 0 radical (unpaired) electrons. The Labute approximate surface area is 98.1 Å². The zero-order valence-corrected chi connectivity index (χ0v) is 9.11. The van der Waals surface area contributed by atoms with Crippen LogP contribution in [0.2, 0.25) is 5.02 Å². The van der Waals surface area contributed by atoms with Crippen molar-refractivity contribution in [2.75, 3.05) is 0 Å². The van der Waals surface area contributed by atoms with Crippen LogP contribution in [0.1, 0.15) is 10.4 Å². The number of rotatable bonds is 2. The molecule has 0 heterocycles. The number of benzene rings is 2. The van der Waals surface area contributed by atoms with Gasteiger partial charge >= 0.3 is 0 Å². The van der Waals surface area contributed by atoms with Crippen LogP contribution in [0, 0.1) is 0 Å². The molecule has 0 bridgehead atoms. The summed E-state index contributed by atoms with van der Waals surface area (Å²) in [6.45, 7) is 0. The van der Waals surface area contributed by atoms with E-state index in [1.807, 2.05) is 0 Å². The third-order valence-electron chi connectivity index (χ3n) is 2.35. The smallest absolute Gasteiger partial charge is 0.153 e. The molecular formula is C13H9ClO2. The predicted octanol–water partition coefficient (Wildman–Crippen LogP) is 3.53. The van der Waals surface area contributed by atoms with E-state index in [4.69, 9.17) is 11.6 Å². The lowest BCUT2D eigenvalue weighted by molar-refractivity contribution is 0.112. The number of carbonyl (C=O) groups is 1. The van der Waals surface area contributed by atoms with Crippen LogP contribution in [0.3, 0.4) is 0 Å². The summed E-state index contributed by atoms with van der Waals surface area (Å²) in [7, 11) is 0. The molecule has 1 N–H and O–H groups in total. The van der Waals surface area contributed by atoms with Gasteiger partial charge in [0.2, 0.25) is 0 Å². The maximum Gasteiger partial charge on any atom is 0.153 e. The highest BCUT2D eigenvalue weighted by Crippen LogP contribution is 2.31. The van der Waals surface area contributed by atoms with Gasteiger partial charge in [-0.1, -0.05) is 35.9 Å². The van der Waals surface area contributed by atoms with Crippen molar-refractivity contribution in [2.24, 2.45) is 0 Å². The molecule has 0 spiro atoms. The summed E-state index contributed by atoms with van der Waals surface area (Å²) in [6.07, 6.45) is 0.634. The number of aromatic hydroxyl groups is 1. The van der Waals surface area contributed by atoms with E-state index >= 15 is 0 Å². The van der Waals surface area contributed by atoms with Gasteiger partial charge in [0.15, 0.2) is 6.29 Å². The molecule has 0 atom stereocenters. The molecule has 3 heteroatoms. The Hall–Kier alpha value is -1.80. The summed E-state index contributed by atoms with van der Waals surface area (Å²) in [5.74, 6) is -0.000164. The first kappa shape index (κ1) is 10.7. The second kappa shape index (κ2) is 4.37. The lowest BCUT2D eigenvalue weighted by Crippen LogP contribution is -1.85. The van der Waals surface area contributed by atoms with Gasteiger partial charge in [-0.15, -0.1) is 0 Å². The molecule has 0 saturated heterocycles. The number of phenols is 1. The number of hydrogen-bond donors (Lipinski definition) is 1. The summed E-state index contributed by atoms with van der Waals surface area (Å²) in [6, 6.07) is 12.1. The van der Waals surface area contributed by atoms with Gasteiger partial charge in [0, 0.05) is 10.6 Å². The van der Waals surface area contributed by atoms with Gasteiger partial charge in [-0.05, 0) is 23.8 Å². The van der Waals surface area contributed by atoms with E-state index in [-0.39, 0.29) is 11.3 Å². The van der Waals surface area contributed by atoms with E-state index in [2.05, 4.69) is 0 Å². The summed E-state index contributed by atoms with van der Waals surface area (Å²) < 4.78 is 0. The monoisotopic (exact) mass is 232 g/mol. The minimum atomic E-state index is -0.000164. The molecule has 0 aromatic heterocycles. The lowest BCUT2D eigenvalue weighted by atomic mass is 10.0. The molecule has 16 heavy (non-hydrogen) atoms. The van der Waals surface area contributed by atoms with Gasteiger partial charge < -0.3 is 5.11 Å². The quantitative estimate of drug-likeness (QED) is 0.805. The van der Waals surface area contributed by atoms with E-state index < -0.39 is 0 Å². The molecule has 0 unspecified atom stereocenters. The van der Waals surface area contributed by atoms with Crippen LogP contribution in [0.15, 0.2) is 42.5 Å². The van der Waals surface area contributed by atoms with Crippen LogP contribution >= 0.6 is 11.6 Å². The van der Waals surface area contributed by atoms with Crippen molar-refractivity contribution in [1.29, 1.82) is 0 Å². The topological polar surface area (TPSA) is 37.3 Å². The Balaban J connectivity index is 2.56. The number of hydrogen-bond acceptors (Lipinski definition) is 2. The minimum absolute atomic E-state index is 0.000164. The van der Waals surface area contributed by atoms with E-state index in [0.29, 0.717) is 16.9 Å². The number of aldehydes is 1. The summed E-state index contributed by atoms with van der Waals surface area (Å²) in [4.78, 5) is 10.7. The third kappa shape index (κ3) is 1.92. The second-order valence-electron chi connectivity index (χ2n) is 3.37. The van der Waals surface area contributed by atoms with E-state index in [1.54, 1.807) is 42.5 Å². The average Bonchev–Trinajstić information content (AvgIpc) is 2.31. The highest BCUT2D eigenvalue weighted by molar-refractivity contribution is 6.30. The van der Waals surface area contributed by atoms with Crippen LogP contribution < -0.4 is 0 Å². The van der Waals surface area contributed by atoms with E-state index in [9.17, 15) is 9.90 Å². The number of phenolic OH excluding ortho intramolecular Hbond substituents is 1. The maximum atomic E-state index is 10.7. The Kier molecular flexibility index (Phi) is 2.93. The van der Waals surface area contributed by atoms with Crippen molar-refractivity contribution in [2.45, 2.75) is 0 Å². The third-order valence-corrected chi connectivity index (χ3v) is 2.60. The predicted molar refractivity (Wildman–Crippen MR) is 63.9 cm³/mol. The standard InChI is InChI=1S/C13H9ClO2/c14-11-6-4-9(5-7-11)12-3-1-2-10(8-15)13(12)16/h1-8,16H. The van der Waals surface area contributed by atoms with Gasteiger partial charge in [-0.3, -0.25) is 4.79 Å². The fraction of sp³-hybridized carbons (Fsp3) is 0. The molecule has 0 aliphatic carbocycles. The molecule has 80 valence electrons. The second-order valence-corrected chi connectivity index (χ2v) is 3.80. The molecule has 0 amide bonds. The number of halogens is 1. The highest BCUT2D eigenvalue weighted by atomic mass is 35.5. The molecule has 0 aliphatic rings.